The van der Waals surface area contributed by atoms with Gasteiger partial charge in [-0.3, -0.25) is 4.79 Å². The highest BCUT2D eigenvalue weighted by Gasteiger charge is 2.11. The highest BCUT2D eigenvalue weighted by atomic mass is 79.9. The van der Waals surface area contributed by atoms with Crippen molar-refractivity contribution in [1.29, 1.82) is 0 Å². The summed E-state index contributed by atoms with van der Waals surface area (Å²) in [7, 11) is 0. The second-order valence-corrected chi connectivity index (χ2v) is 4.24. The number of carbonyl (C=O) groups is 1. The minimum atomic E-state index is -1.11. The molecule has 0 spiro atoms. The van der Waals surface area contributed by atoms with Gasteiger partial charge < -0.3 is 16.2 Å². The molecule has 4 N–H and O–H groups in total. The van der Waals surface area contributed by atoms with Crippen molar-refractivity contribution < 1.29 is 9.90 Å². The number of hydrogen-bond acceptors (Lipinski definition) is 3. The van der Waals surface area contributed by atoms with E-state index < -0.39 is 12.0 Å². The van der Waals surface area contributed by atoms with Gasteiger partial charge in [-0.2, -0.15) is 0 Å². The number of amides is 1. The molecule has 1 aromatic rings. The maximum absolute atomic E-state index is 11.2. The number of benzene rings is 1. The molecule has 0 aromatic heterocycles. The van der Waals surface area contributed by atoms with Crippen LogP contribution < -0.4 is 11.1 Å². The van der Waals surface area contributed by atoms with Gasteiger partial charge in [0.2, 0.25) is 5.91 Å². The Labute approximate surface area is 103 Å². The lowest BCUT2D eigenvalue weighted by molar-refractivity contribution is -0.128. The number of rotatable bonds is 5. The van der Waals surface area contributed by atoms with Crippen molar-refractivity contribution in [3.05, 3.63) is 34.3 Å². The van der Waals surface area contributed by atoms with Crippen LogP contribution in [0.15, 0.2) is 28.7 Å². The Bertz CT molecular complexity index is 358. The van der Waals surface area contributed by atoms with E-state index in [2.05, 4.69) is 21.2 Å². The number of carbonyl (C=O) groups excluding carboxylic acids is 1. The van der Waals surface area contributed by atoms with Crippen molar-refractivity contribution in [2.24, 2.45) is 5.73 Å². The Balaban J connectivity index is 2.36. The van der Waals surface area contributed by atoms with Crippen molar-refractivity contribution in [1.82, 2.24) is 5.32 Å². The quantitative estimate of drug-likeness (QED) is 0.735. The van der Waals surface area contributed by atoms with E-state index in [1.807, 2.05) is 24.3 Å². The average molecular weight is 287 g/mol. The molecule has 0 saturated carbocycles. The van der Waals surface area contributed by atoms with Crippen molar-refractivity contribution >= 4 is 21.8 Å². The first-order valence-electron chi connectivity index (χ1n) is 5.04. The lowest BCUT2D eigenvalue weighted by Gasteiger charge is -2.09. The first kappa shape index (κ1) is 13.2. The molecule has 5 heteroatoms. The molecule has 16 heavy (non-hydrogen) atoms. The summed E-state index contributed by atoms with van der Waals surface area (Å²) in [5.41, 5.74) is 6.28. The molecule has 0 aliphatic rings. The van der Waals surface area contributed by atoms with E-state index in [0.717, 1.165) is 10.0 Å². The molecule has 88 valence electrons. The Morgan fingerprint density at radius 2 is 2.19 bits per heavy atom. The third-order valence-corrected chi connectivity index (χ3v) is 2.95. The van der Waals surface area contributed by atoms with Gasteiger partial charge in [0.15, 0.2) is 0 Å². The smallest absolute Gasteiger partial charge is 0.250 e. The normalized spacial score (nSPS) is 12.2. The molecule has 0 heterocycles. The maximum atomic E-state index is 11.2. The minimum absolute atomic E-state index is 0.0547. The molecule has 0 radical (unpaired) electrons. The van der Waals surface area contributed by atoms with Gasteiger partial charge in [-0.05, 0) is 18.1 Å². The summed E-state index contributed by atoms with van der Waals surface area (Å²) < 4.78 is 1.02. The first-order chi connectivity index (χ1) is 7.65. The lowest BCUT2D eigenvalue weighted by Crippen LogP contribution is -2.39. The van der Waals surface area contributed by atoms with Crippen molar-refractivity contribution in [3.8, 4) is 0 Å². The van der Waals surface area contributed by atoms with Crippen LogP contribution in [0.2, 0.25) is 0 Å². The molecular formula is C11H15BrN2O2. The largest absolute Gasteiger partial charge is 0.382 e. The van der Waals surface area contributed by atoms with Crippen LogP contribution in [-0.2, 0) is 11.2 Å². The molecule has 0 bridgehead atoms. The summed E-state index contributed by atoms with van der Waals surface area (Å²) >= 11 is 3.42. The number of aliphatic hydroxyl groups is 1. The van der Waals surface area contributed by atoms with Crippen LogP contribution in [0, 0.1) is 0 Å². The fraction of sp³-hybridized carbons (Fsp3) is 0.364. The Morgan fingerprint density at radius 1 is 1.50 bits per heavy atom. The Morgan fingerprint density at radius 3 is 2.81 bits per heavy atom. The van der Waals surface area contributed by atoms with Gasteiger partial charge in [-0.15, -0.1) is 0 Å². The molecule has 1 unspecified atom stereocenters. The summed E-state index contributed by atoms with van der Waals surface area (Å²) in [5.74, 6) is -0.422. The summed E-state index contributed by atoms with van der Waals surface area (Å²) in [5, 5.41) is 11.8. The second kappa shape index (κ2) is 6.62. The fourth-order valence-electron chi connectivity index (χ4n) is 1.25. The SMILES string of the molecule is NCC(O)C(=O)NCCc1ccccc1Br. The van der Waals surface area contributed by atoms with E-state index in [1.165, 1.54) is 0 Å². The third-order valence-electron chi connectivity index (χ3n) is 2.18. The molecular weight excluding hydrogens is 272 g/mol. The molecule has 0 saturated heterocycles. The number of nitrogens with two attached hydrogens (primary N) is 1. The Hall–Kier alpha value is -0.910. The van der Waals surface area contributed by atoms with E-state index in [1.54, 1.807) is 0 Å². The van der Waals surface area contributed by atoms with Gasteiger partial charge in [-0.25, -0.2) is 0 Å². The minimum Gasteiger partial charge on any atom is -0.382 e. The summed E-state index contributed by atoms with van der Waals surface area (Å²) in [6.45, 7) is 0.430. The molecule has 1 aromatic carbocycles. The zero-order valence-electron chi connectivity index (χ0n) is 8.82. The van der Waals surface area contributed by atoms with E-state index in [9.17, 15) is 4.79 Å². The van der Waals surface area contributed by atoms with Crippen molar-refractivity contribution in [2.75, 3.05) is 13.1 Å². The molecule has 1 rings (SSSR count). The monoisotopic (exact) mass is 286 g/mol. The van der Waals surface area contributed by atoms with Crippen LogP contribution in [0.4, 0.5) is 0 Å². The average Bonchev–Trinajstić information content (AvgIpc) is 2.30. The first-order valence-corrected chi connectivity index (χ1v) is 5.83. The van der Waals surface area contributed by atoms with Gasteiger partial charge in [0.25, 0.3) is 0 Å². The number of hydrogen-bond donors (Lipinski definition) is 3. The highest BCUT2D eigenvalue weighted by Crippen LogP contribution is 2.15. The van der Waals surface area contributed by atoms with Gasteiger partial charge in [0, 0.05) is 17.6 Å². The zero-order chi connectivity index (χ0) is 12.0. The zero-order valence-corrected chi connectivity index (χ0v) is 10.4. The molecule has 0 fully saturated rings. The predicted octanol–water partition coefficient (Wildman–Crippen LogP) is 0.427. The second-order valence-electron chi connectivity index (χ2n) is 3.38. The third kappa shape index (κ3) is 3.92. The lowest BCUT2D eigenvalue weighted by atomic mass is 10.1. The van der Waals surface area contributed by atoms with Crippen molar-refractivity contribution in [2.45, 2.75) is 12.5 Å². The van der Waals surface area contributed by atoms with E-state index >= 15 is 0 Å². The van der Waals surface area contributed by atoms with Gasteiger partial charge in [0.05, 0.1) is 0 Å². The van der Waals surface area contributed by atoms with E-state index in [4.69, 9.17) is 10.8 Å². The predicted molar refractivity (Wildman–Crippen MR) is 65.9 cm³/mol. The van der Waals surface area contributed by atoms with E-state index in [0.29, 0.717) is 13.0 Å². The fourth-order valence-corrected chi connectivity index (χ4v) is 1.73. The summed E-state index contributed by atoms with van der Waals surface area (Å²) in [4.78, 5) is 11.2. The van der Waals surface area contributed by atoms with E-state index in [-0.39, 0.29) is 6.54 Å². The summed E-state index contributed by atoms with van der Waals surface area (Å²) in [6, 6.07) is 7.81. The van der Waals surface area contributed by atoms with Crippen LogP contribution >= 0.6 is 15.9 Å². The van der Waals surface area contributed by atoms with Crippen LogP contribution in [-0.4, -0.2) is 30.2 Å². The van der Waals surface area contributed by atoms with Crippen LogP contribution in [0.3, 0.4) is 0 Å². The summed E-state index contributed by atoms with van der Waals surface area (Å²) in [6.07, 6.45) is -0.399. The molecule has 0 aliphatic carbocycles. The molecule has 4 nitrogen and oxygen atoms in total. The molecule has 1 amide bonds. The van der Waals surface area contributed by atoms with Gasteiger partial charge in [-0.1, -0.05) is 34.1 Å². The number of nitrogens with one attached hydrogen (secondary N) is 1. The Kier molecular flexibility index (Phi) is 5.45. The van der Waals surface area contributed by atoms with Gasteiger partial charge in [0.1, 0.15) is 6.10 Å². The van der Waals surface area contributed by atoms with Gasteiger partial charge >= 0.3 is 0 Å². The highest BCUT2D eigenvalue weighted by molar-refractivity contribution is 9.10. The standard InChI is InChI=1S/C11H15BrN2O2/c12-9-4-2-1-3-8(9)5-6-14-11(16)10(15)7-13/h1-4,10,15H,5-7,13H2,(H,14,16). The number of halogens is 1. The maximum Gasteiger partial charge on any atom is 0.250 e. The molecule has 0 aliphatic heterocycles. The van der Waals surface area contributed by atoms with Crippen molar-refractivity contribution in [3.63, 3.8) is 0 Å². The van der Waals surface area contributed by atoms with Crippen LogP contribution in [0.1, 0.15) is 5.56 Å². The van der Waals surface area contributed by atoms with Crippen LogP contribution in [0.5, 0.6) is 0 Å². The van der Waals surface area contributed by atoms with Crippen LogP contribution in [0.25, 0.3) is 0 Å². The number of aliphatic hydroxyl groups excluding tert-OH is 1. The topological polar surface area (TPSA) is 75.3 Å². The molecule has 1 atom stereocenters.